The number of fused-ring (bicyclic) bond motifs is 3. The Kier molecular flexibility index (Phi) is 5.92. The van der Waals surface area contributed by atoms with E-state index in [0.29, 0.717) is 0 Å². The van der Waals surface area contributed by atoms with E-state index in [2.05, 4.69) is 5.32 Å². The highest BCUT2D eigenvalue weighted by atomic mass is 16.5. The molecule has 1 heterocycles. The molecule has 0 radical (unpaired) electrons. The number of ether oxygens (including phenoxy) is 2. The summed E-state index contributed by atoms with van der Waals surface area (Å²) >= 11 is 0. The summed E-state index contributed by atoms with van der Waals surface area (Å²) in [7, 11) is 1.35. The van der Waals surface area contributed by atoms with Crippen LogP contribution in [0.1, 0.15) is 29.8 Å². The van der Waals surface area contributed by atoms with E-state index in [-0.39, 0.29) is 22.6 Å². The van der Waals surface area contributed by atoms with Crippen molar-refractivity contribution in [1.82, 2.24) is 5.32 Å². The Balaban J connectivity index is 1.75. The molecular weight excluding hydrogens is 524 g/mol. The molecule has 5 rings (SSSR count). The van der Waals surface area contributed by atoms with Crippen LogP contribution in [0.3, 0.4) is 0 Å². The van der Waals surface area contributed by atoms with Crippen LogP contribution >= 0.6 is 0 Å². The highest BCUT2D eigenvalue weighted by molar-refractivity contribution is 6.25. The number of phenols is 1. The number of amides is 2. The van der Waals surface area contributed by atoms with Gasteiger partial charge in [-0.25, -0.2) is 0 Å². The molecule has 0 aromatic heterocycles. The average molecular weight is 551 g/mol. The third kappa shape index (κ3) is 3.49. The van der Waals surface area contributed by atoms with Crippen molar-refractivity contribution in [3.63, 3.8) is 0 Å². The number of hydrogen-bond donors (Lipinski definition) is 6. The van der Waals surface area contributed by atoms with Gasteiger partial charge in [0.05, 0.1) is 12.7 Å². The third-order valence-electron chi connectivity index (χ3n) is 7.84. The van der Waals surface area contributed by atoms with Crippen molar-refractivity contribution in [1.29, 1.82) is 0 Å². The normalized spacial score (nSPS) is 26.8. The van der Waals surface area contributed by atoms with Gasteiger partial charge < -0.3 is 41.0 Å². The number of primary amides is 1. The molecule has 0 bridgehead atoms. The smallest absolute Gasteiger partial charge is 0.255 e. The fourth-order valence-corrected chi connectivity index (χ4v) is 6.01. The molecule has 2 aromatic rings. The van der Waals surface area contributed by atoms with Gasteiger partial charge in [-0.05, 0) is 12.1 Å². The highest BCUT2D eigenvalue weighted by Crippen LogP contribution is 2.58. The molecular formula is C28H26N2O10. The Morgan fingerprint density at radius 2 is 1.73 bits per heavy atom. The number of carbonyl (C=O) groups excluding carboxylic acids is 4. The summed E-state index contributed by atoms with van der Waals surface area (Å²) in [6.07, 6.45) is -1.35. The van der Waals surface area contributed by atoms with Crippen molar-refractivity contribution >= 4 is 29.1 Å². The molecule has 2 amide bonds. The molecule has 7 N–H and O–H groups in total. The zero-order valence-corrected chi connectivity index (χ0v) is 21.6. The average Bonchev–Trinajstić information content (AvgIpc) is 2.90. The largest absolute Gasteiger partial charge is 0.508 e. The van der Waals surface area contributed by atoms with Crippen LogP contribution in [0.2, 0.25) is 0 Å². The SMILES string of the molecule is COc1cc(O)c2c(c1)OC1C(=C2O)C(=O)C2(O)C(O)=C(C(N)=O)C(=O)C(NC(=O)c3ccccc3)C2C1(C)C. The quantitative estimate of drug-likeness (QED) is 0.299. The lowest BCUT2D eigenvalue weighted by Gasteiger charge is -2.56. The molecule has 208 valence electrons. The maximum absolute atomic E-state index is 14.0. The van der Waals surface area contributed by atoms with Crippen LogP contribution in [0, 0.1) is 11.3 Å². The predicted octanol–water partition coefficient (Wildman–Crippen LogP) is 1.07. The summed E-state index contributed by atoms with van der Waals surface area (Å²) in [5.74, 6) is -8.65. The Bertz CT molecular complexity index is 1560. The molecule has 3 aliphatic rings. The van der Waals surface area contributed by atoms with Crippen molar-refractivity contribution in [2.75, 3.05) is 7.11 Å². The zero-order chi connectivity index (χ0) is 29.3. The molecule has 2 aliphatic carbocycles. The lowest BCUT2D eigenvalue weighted by molar-refractivity contribution is -0.168. The first kappa shape index (κ1) is 26.8. The summed E-state index contributed by atoms with van der Waals surface area (Å²) in [4.78, 5) is 53.0. The number of aliphatic hydroxyl groups is 3. The predicted molar refractivity (Wildman–Crippen MR) is 137 cm³/mol. The van der Waals surface area contributed by atoms with Crippen LogP contribution in [0.25, 0.3) is 5.76 Å². The molecule has 40 heavy (non-hydrogen) atoms. The second-order valence-corrected chi connectivity index (χ2v) is 10.4. The minimum atomic E-state index is -3.00. The topological polar surface area (TPSA) is 206 Å². The van der Waals surface area contributed by atoms with E-state index in [1.165, 1.54) is 45.2 Å². The summed E-state index contributed by atoms with van der Waals surface area (Å²) in [6.45, 7) is 2.99. The van der Waals surface area contributed by atoms with Crippen LogP contribution in [0.15, 0.2) is 59.4 Å². The van der Waals surface area contributed by atoms with Gasteiger partial charge in [-0.1, -0.05) is 32.0 Å². The second kappa shape index (κ2) is 8.85. The van der Waals surface area contributed by atoms with Crippen molar-refractivity contribution in [2.24, 2.45) is 17.1 Å². The van der Waals surface area contributed by atoms with Crippen molar-refractivity contribution in [3.05, 3.63) is 70.5 Å². The van der Waals surface area contributed by atoms with Gasteiger partial charge in [0.2, 0.25) is 5.78 Å². The van der Waals surface area contributed by atoms with E-state index in [9.17, 15) is 39.6 Å². The van der Waals surface area contributed by atoms with Gasteiger partial charge in [0.15, 0.2) is 11.4 Å². The summed E-state index contributed by atoms with van der Waals surface area (Å²) in [5, 5.41) is 47.3. The number of methoxy groups -OCH3 is 1. The summed E-state index contributed by atoms with van der Waals surface area (Å²) in [6, 6.07) is 8.57. The molecule has 0 spiro atoms. The van der Waals surface area contributed by atoms with Crippen molar-refractivity contribution in [3.8, 4) is 17.2 Å². The van der Waals surface area contributed by atoms with Gasteiger partial charge >= 0.3 is 0 Å². The molecule has 1 aliphatic heterocycles. The first-order valence-corrected chi connectivity index (χ1v) is 12.2. The van der Waals surface area contributed by atoms with Gasteiger partial charge in [0, 0.05) is 29.0 Å². The van der Waals surface area contributed by atoms with E-state index in [4.69, 9.17) is 15.2 Å². The number of ketones is 2. The Morgan fingerprint density at radius 1 is 1.07 bits per heavy atom. The van der Waals surface area contributed by atoms with E-state index >= 15 is 0 Å². The fourth-order valence-electron chi connectivity index (χ4n) is 6.01. The molecule has 4 atom stereocenters. The zero-order valence-electron chi connectivity index (χ0n) is 21.6. The molecule has 12 nitrogen and oxygen atoms in total. The van der Waals surface area contributed by atoms with Gasteiger partial charge in [-0.15, -0.1) is 0 Å². The Morgan fingerprint density at radius 3 is 2.33 bits per heavy atom. The number of nitrogens with two attached hydrogens (primary N) is 1. The number of nitrogens with one attached hydrogen (secondary N) is 1. The first-order chi connectivity index (χ1) is 18.8. The molecule has 1 fully saturated rings. The van der Waals surface area contributed by atoms with Crippen LogP contribution < -0.4 is 20.5 Å². The van der Waals surface area contributed by atoms with E-state index in [0.717, 1.165) is 0 Å². The third-order valence-corrected chi connectivity index (χ3v) is 7.84. The molecule has 4 unspecified atom stereocenters. The van der Waals surface area contributed by atoms with Crippen LogP contribution in [-0.2, 0) is 14.4 Å². The second-order valence-electron chi connectivity index (χ2n) is 10.4. The van der Waals surface area contributed by atoms with Gasteiger partial charge in [0.1, 0.15) is 52.0 Å². The summed E-state index contributed by atoms with van der Waals surface area (Å²) in [5.41, 5.74) is -0.849. The lowest BCUT2D eigenvalue weighted by atomic mass is 9.51. The van der Waals surface area contributed by atoms with E-state index < -0.39 is 80.9 Å². The number of rotatable bonds is 4. The van der Waals surface area contributed by atoms with Crippen LogP contribution in [0.5, 0.6) is 17.2 Å². The molecule has 2 aromatic carbocycles. The summed E-state index contributed by atoms with van der Waals surface area (Å²) < 4.78 is 11.2. The first-order valence-electron chi connectivity index (χ1n) is 12.2. The number of benzene rings is 2. The molecule has 12 heteroatoms. The van der Waals surface area contributed by atoms with Crippen molar-refractivity contribution < 1.29 is 49.1 Å². The minimum Gasteiger partial charge on any atom is -0.508 e. The standard InChI is InChI=1S/C28H26N2O10/c1-27(2)21-18(30-26(37)11-7-5-4-6-8-11)20(33)17(25(29)36)23(35)28(21,38)22(34)16-19(32)15-13(31)9-12(39-3)10-14(15)40-24(16)27/h4-10,18,21,24,31-32,35,38H,1-3H3,(H2,29,36)(H,30,37). The number of aliphatic hydroxyl groups excluding tert-OH is 2. The lowest BCUT2D eigenvalue weighted by Crippen LogP contribution is -2.73. The van der Waals surface area contributed by atoms with E-state index in [1.807, 2.05) is 0 Å². The van der Waals surface area contributed by atoms with Crippen LogP contribution in [0.4, 0.5) is 0 Å². The number of Topliss-reactive ketones (excluding diaryl/α,β-unsaturated/α-hetero) is 2. The van der Waals surface area contributed by atoms with Gasteiger partial charge in [0.25, 0.3) is 11.8 Å². The van der Waals surface area contributed by atoms with E-state index in [1.54, 1.807) is 18.2 Å². The maximum atomic E-state index is 14.0. The van der Waals surface area contributed by atoms with Crippen molar-refractivity contribution in [2.45, 2.75) is 31.6 Å². The van der Waals surface area contributed by atoms with Gasteiger partial charge in [-0.2, -0.15) is 0 Å². The molecule has 0 saturated heterocycles. The number of phenolic OH excluding ortho intramolecular Hbond substituents is 1. The molecule has 1 saturated carbocycles. The van der Waals surface area contributed by atoms with Crippen LogP contribution in [-0.4, -0.2) is 68.7 Å². The number of aromatic hydroxyl groups is 1. The van der Waals surface area contributed by atoms with Gasteiger partial charge in [-0.3, -0.25) is 19.2 Å². The minimum absolute atomic E-state index is 0.0565. The highest BCUT2D eigenvalue weighted by Gasteiger charge is 2.71. The monoisotopic (exact) mass is 550 g/mol. The number of carbonyl (C=O) groups is 4. The fraction of sp³-hybridized carbons (Fsp3) is 0.286. The Labute approximate surface area is 227 Å². The number of hydrogen-bond acceptors (Lipinski definition) is 10. The maximum Gasteiger partial charge on any atom is 0.255 e. The Hall–Kier alpha value is -4.84.